The summed E-state index contributed by atoms with van der Waals surface area (Å²) in [4.78, 5) is 1.93. The fourth-order valence-electron chi connectivity index (χ4n) is 2.40. The van der Waals surface area contributed by atoms with Crippen LogP contribution in [0.3, 0.4) is 0 Å². The summed E-state index contributed by atoms with van der Waals surface area (Å²) in [7, 11) is 0. The molecule has 4 nitrogen and oxygen atoms in total. The van der Waals surface area contributed by atoms with Crippen molar-refractivity contribution in [2.45, 2.75) is 32.4 Å². The molecule has 1 fully saturated rings. The Kier molecular flexibility index (Phi) is 4.06. The molecule has 2 rings (SSSR count). The first kappa shape index (κ1) is 14.2. The van der Waals surface area contributed by atoms with E-state index in [1.54, 1.807) is 0 Å². The van der Waals surface area contributed by atoms with Crippen molar-refractivity contribution >= 4 is 28.7 Å². The number of nitrogens with two attached hydrogens (primary N) is 2. The van der Waals surface area contributed by atoms with Crippen LogP contribution in [0.15, 0.2) is 6.07 Å². The summed E-state index contributed by atoms with van der Waals surface area (Å²) < 4.78 is 20.0. The van der Waals surface area contributed by atoms with Gasteiger partial charge < -0.3 is 21.1 Å². The third kappa shape index (κ3) is 2.58. The average Bonchev–Trinajstić information content (AvgIpc) is 2.36. The van der Waals surface area contributed by atoms with E-state index in [1.165, 1.54) is 6.07 Å². The van der Waals surface area contributed by atoms with Gasteiger partial charge in [-0.05, 0) is 19.4 Å². The molecule has 0 saturated carbocycles. The van der Waals surface area contributed by atoms with Gasteiger partial charge in [-0.25, -0.2) is 4.39 Å². The van der Waals surface area contributed by atoms with Crippen LogP contribution in [0.1, 0.15) is 20.3 Å². The Hall–Kier alpha value is -1.20. The standard InChI is InChI=1S/C13H19ClFN3O/c1-3-8-6-19-7(2)5-18(8)13-10(17)4-9(16)11(14)12(13)15/h4,7-8H,3,5-6,16-17H2,1-2H3. The smallest absolute Gasteiger partial charge is 0.169 e. The summed E-state index contributed by atoms with van der Waals surface area (Å²) in [5.74, 6) is -0.549. The van der Waals surface area contributed by atoms with Crippen LogP contribution in [-0.2, 0) is 4.74 Å². The second kappa shape index (κ2) is 5.43. The minimum atomic E-state index is -0.549. The minimum Gasteiger partial charge on any atom is -0.397 e. The molecule has 19 heavy (non-hydrogen) atoms. The number of ether oxygens (including phenoxy) is 1. The van der Waals surface area contributed by atoms with Crippen LogP contribution in [0.2, 0.25) is 5.02 Å². The van der Waals surface area contributed by atoms with Gasteiger partial charge in [-0.2, -0.15) is 0 Å². The van der Waals surface area contributed by atoms with Crippen molar-refractivity contribution in [2.75, 3.05) is 29.5 Å². The molecule has 0 radical (unpaired) electrons. The highest BCUT2D eigenvalue weighted by Gasteiger charge is 2.30. The maximum absolute atomic E-state index is 14.4. The van der Waals surface area contributed by atoms with Crippen LogP contribution < -0.4 is 16.4 Å². The lowest BCUT2D eigenvalue weighted by Crippen LogP contribution is -2.49. The number of hydrogen-bond acceptors (Lipinski definition) is 4. The van der Waals surface area contributed by atoms with Gasteiger partial charge in [0.2, 0.25) is 0 Å². The van der Waals surface area contributed by atoms with E-state index < -0.39 is 5.82 Å². The van der Waals surface area contributed by atoms with Gasteiger partial charge in [0.05, 0.1) is 35.8 Å². The Balaban J connectivity index is 2.47. The van der Waals surface area contributed by atoms with E-state index in [2.05, 4.69) is 0 Å². The van der Waals surface area contributed by atoms with Crippen molar-refractivity contribution in [1.29, 1.82) is 0 Å². The molecule has 1 aliphatic heterocycles. The number of anilines is 3. The van der Waals surface area contributed by atoms with Crippen LogP contribution in [0, 0.1) is 5.82 Å². The fourth-order valence-corrected chi connectivity index (χ4v) is 2.55. The highest BCUT2D eigenvalue weighted by Crippen LogP contribution is 2.38. The first-order chi connectivity index (χ1) is 8.95. The highest BCUT2D eigenvalue weighted by atomic mass is 35.5. The van der Waals surface area contributed by atoms with Crippen molar-refractivity contribution in [3.8, 4) is 0 Å². The van der Waals surface area contributed by atoms with E-state index in [9.17, 15) is 4.39 Å². The van der Waals surface area contributed by atoms with Gasteiger partial charge >= 0.3 is 0 Å². The molecule has 1 aromatic rings. The van der Waals surface area contributed by atoms with E-state index in [4.69, 9.17) is 27.8 Å². The molecular weight excluding hydrogens is 269 g/mol. The number of benzene rings is 1. The van der Waals surface area contributed by atoms with Crippen molar-refractivity contribution in [2.24, 2.45) is 0 Å². The van der Waals surface area contributed by atoms with E-state index in [0.717, 1.165) is 6.42 Å². The molecule has 1 saturated heterocycles. The molecule has 6 heteroatoms. The first-order valence-electron chi connectivity index (χ1n) is 6.36. The Morgan fingerprint density at radius 2 is 2.16 bits per heavy atom. The van der Waals surface area contributed by atoms with Gasteiger partial charge in [0.1, 0.15) is 5.02 Å². The van der Waals surface area contributed by atoms with Crippen molar-refractivity contribution in [3.63, 3.8) is 0 Å². The fraction of sp³-hybridized carbons (Fsp3) is 0.538. The predicted molar refractivity (Wildman–Crippen MR) is 77.1 cm³/mol. The second-order valence-electron chi connectivity index (χ2n) is 4.89. The maximum atomic E-state index is 14.4. The normalized spacial score (nSPS) is 23.7. The molecule has 0 amide bonds. The molecule has 106 valence electrons. The lowest BCUT2D eigenvalue weighted by molar-refractivity contribution is 0.0297. The van der Waals surface area contributed by atoms with Crippen molar-refractivity contribution in [1.82, 2.24) is 0 Å². The Labute approximate surface area is 117 Å². The molecule has 4 N–H and O–H groups in total. The quantitative estimate of drug-likeness (QED) is 0.821. The molecule has 0 aromatic heterocycles. The topological polar surface area (TPSA) is 64.5 Å². The molecule has 2 atom stereocenters. The third-order valence-electron chi connectivity index (χ3n) is 3.46. The molecular formula is C13H19ClFN3O. The van der Waals surface area contributed by atoms with Gasteiger partial charge in [-0.15, -0.1) is 0 Å². The van der Waals surface area contributed by atoms with Gasteiger partial charge in [0, 0.05) is 6.54 Å². The van der Waals surface area contributed by atoms with Gasteiger partial charge in [0.25, 0.3) is 0 Å². The summed E-state index contributed by atoms with van der Waals surface area (Å²) in [6, 6.07) is 1.60. The zero-order chi connectivity index (χ0) is 14.2. The Morgan fingerprint density at radius 1 is 1.47 bits per heavy atom. The molecule has 0 bridgehead atoms. The van der Waals surface area contributed by atoms with Crippen molar-refractivity contribution < 1.29 is 9.13 Å². The molecule has 1 aliphatic rings. The van der Waals surface area contributed by atoms with Crippen LogP contribution in [0.4, 0.5) is 21.5 Å². The largest absolute Gasteiger partial charge is 0.397 e. The van der Waals surface area contributed by atoms with E-state index >= 15 is 0 Å². The van der Waals surface area contributed by atoms with Crippen LogP contribution >= 0.6 is 11.6 Å². The molecule has 0 aliphatic carbocycles. The summed E-state index contributed by atoms with van der Waals surface area (Å²) in [6.45, 7) is 5.12. The van der Waals surface area contributed by atoms with Gasteiger partial charge in [-0.3, -0.25) is 0 Å². The predicted octanol–water partition coefficient (Wildman–Crippen LogP) is 2.65. The third-order valence-corrected chi connectivity index (χ3v) is 3.85. The second-order valence-corrected chi connectivity index (χ2v) is 5.27. The van der Waals surface area contributed by atoms with Gasteiger partial charge in [-0.1, -0.05) is 18.5 Å². The average molecular weight is 288 g/mol. The van der Waals surface area contributed by atoms with Gasteiger partial charge in [0.15, 0.2) is 5.82 Å². The first-order valence-corrected chi connectivity index (χ1v) is 6.74. The van der Waals surface area contributed by atoms with Crippen LogP contribution in [0.5, 0.6) is 0 Å². The summed E-state index contributed by atoms with van der Waals surface area (Å²) in [5, 5.41) is -0.0711. The Bertz CT molecular complexity index is 483. The van der Waals surface area contributed by atoms with Crippen LogP contribution in [0.25, 0.3) is 0 Å². The van der Waals surface area contributed by atoms with Crippen molar-refractivity contribution in [3.05, 3.63) is 16.9 Å². The summed E-state index contributed by atoms with van der Waals surface area (Å²) in [5.41, 5.74) is 12.4. The number of nitrogen functional groups attached to an aromatic ring is 2. The molecule has 2 unspecified atom stereocenters. The summed E-state index contributed by atoms with van der Waals surface area (Å²) in [6.07, 6.45) is 0.867. The Morgan fingerprint density at radius 3 is 2.79 bits per heavy atom. The van der Waals surface area contributed by atoms with E-state index in [-0.39, 0.29) is 22.9 Å². The lowest BCUT2D eigenvalue weighted by atomic mass is 10.1. The minimum absolute atomic E-state index is 0.0259. The monoisotopic (exact) mass is 287 g/mol. The molecule has 0 spiro atoms. The number of nitrogens with zero attached hydrogens (tertiary/aromatic N) is 1. The number of hydrogen-bond donors (Lipinski definition) is 2. The number of halogens is 2. The molecule has 1 aromatic carbocycles. The number of rotatable bonds is 2. The van der Waals surface area contributed by atoms with E-state index in [0.29, 0.717) is 24.5 Å². The highest BCUT2D eigenvalue weighted by molar-refractivity contribution is 6.33. The molecule has 1 heterocycles. The van der Waals surface area contributed by atoms with E-state index in [1.807, 2.05) is 18.7 Å². The SMILES string of the molecule is CCC1COC(C)CN1c1c(N)cc(N)c(Cl)c1F. The maximum Gasteiger partial charge on any atom is 0.169 e. The number of morpholine rings is 1. The zero-order valence-corrected chi connectivity index (χ0v) is 11.9. The lowest BCUT2D eigenvalue weighted by Gasteiger charge is -2.40. The van der Waals surface area contributed by atoms with Crippen LogP contribution in [-0.4, -0.2) is 25.3 Å². The zero-order valence-electron chi connectivity index (χ0n) is 11.1. The summed E-state index contributed by atoms with van der Waals surface area (Å²) >= 11 is 5.89.